The van der Waals surface area contributed by atoms with E-state index in [9.17, 15) is 4.39 Å². The van der Waals surface area contributed by atoms with Crippen molar-refractivity contribution in [2.75, 3.05) is 26.5 Å². The normalized spacial score (nSPS) is 13.5. The van der Waals surface area contributed by atoms with Gasteiger partial charge in [-0.2, -0.15) is 0 Å². The van der Waals surface area contributed by atoms with Crippen molar-refractivity contribution >= 4 is 15.9 Å². The molecule has 0 saturated carbocycles. The van der Waals surface area contributed by atoms with Crippen LogP contribution in [0.25, 0.3) is 0 Å². The predicted molar refractivity (Wildman–Crippen MR) is 41.1 cm³/mol. The van der Waals surface area contributed by atoms with Crippen LogP contribution in [0.3, 0.4) is 0 Å². The van der Waals surface area contributed by atoms with Gasteiger partial charge in [0.15, 0.2) is 0 Å². The molecule has 0 aliphatic heterocycles. The monoisotopic (exact) mass is 214 g/mol. The van der Waals surface area contributed by atoms with Crippen LogP contribution < -0.4 is 0 Å². The zero-order valence-corrected chi connectivity index (χ0v) is 7.56. The van der Waals surface area contributed by atoms with Gasteiger partial charge in [0.1, 0.15) is 11.7 Å². The Kier molecular flexibility index (Phi) is 7.68. The van der Waals surface area contributed by atoms with E-state index in [4.69, 9.17) is 9.47 Å². The molecule has 0 amide bonds. The Bertz CT molecular complexity index is 70.8. The Morgan fingerprint density at radius 2 is 2.10 bits per heavy atom. The highest BCUT2D eigenvalue weighted by molar-refractivity contribution is 9.09. The lowest BCUT2D eigenvalue weighted by molar-refractivity contribution is 0.0398. The topological polar surface area (TPSA) is 18.5 Å². The van der Waals surface area contributed by atoms with Gasteiger partial charge in [-0.25, -0.2) is 4.39 Å². The highest BCUT2D eigenvalue weighted by Crippen LogP contribution is 1.97. The molecule has 0 aliphatic rings. The minimum atomic E-state index is -0.427. The van der Waals surface area contributed by atoms with E-state index < -0.39 is 6.67 Å². The van der Waals surface area contributed by atoms with Crippen molar-refractivity contribution in [3.63, 3.8) is 0 Å². The van der Waals surface area contributed by atoms with E-state index >= 15 is 0 Å². The second-order valence-electron chi connectivity index (χ2n) is 1.72. The molecule has 0 aliphatic carbocycles. The molecule has 0 aromatic rings. The third-order valence-electron chi connectivity index (χ3n) is 0.797. The fourth-order valence-electron chi connectivity index (χ4n) is 0.426. The van der Waals surface area contributed by atoms with Gasteiger partial charge >= 0.3 is 0 Å². The molecule has 2 nitrogen and oxygen atoms in total. The zero-order chi connectivity index (χ0) is 7.82. The maximum atomic E-state index is 11.4. The largest absolute Gasteiger partial charge is 0.376 e. The zero-order valence-electron chi connectivity index (χ0n) is 5.98. The molecule has 0 N–H and O–H groups in total. The fraction of sp³-hybridized carbons (Fsp3) is 1.00. The first-order valence-electron chi connectivity index (χ1n) is 3.16. The summed E-state index contributed by atoms with van der Waals surface area (Å²) in [6.45, 7) is 2.57. The molecule has 0 spiro atoms. The lowest BCUT2D eigenvalue weighted by Crippen LogP contribution is -2.08. The van der Waals surface area contributed by atoms with Crippen LogP contribution in [0.2, 0.25) is 0 Å². The smallest absolute Gasteiger partial charge is 0.113 e. The lowest BCUT2D eigenvalue weighted by atomic mass is 10.7. The molecule has 1 atom stereocenters. The van der Waals surface area contributed by atoms with Gasteiger partial charge in [0.2, 0.25) is 0 Å². The van der Waals surface area contributed by atoms with Crippen LogP contribution >= 0.6 is 15.9 Å². The van der Waals surface area contributed by atoms with E-state index in [1.807, 2.05) is 6.92 Å². The van der Waals surface area contributed by atoms with E-state index in [2.05, 4.69) is 15.9 Å². The van der Waals surface area contributed by atoms with Crippen LogP contribution in [-0.4, -0.2) is 31.5 Å². The first-order chi connectivity index (χ1) is 4.77. The minimum absolute atomic E-state index is 0.0430. The number of alkyl halides is 2. The molecule has 0 radical (unpaired) electrons. The van der Waals surface area contributed by atoms with Gasteiger partial charge in [0, 0.05) is 0 Å². The van der Waals surface area contributed by atoms with Gasteiger partial charge in [-0.1, -0.05) is 15.9 Å². The molecule has 0 saturated heterocycles. The van der Waals surface area contributed by atoms with E-state index in [0.29, 0.717) is 13.2 Å². The van der Waals surface area contributed by atoms with Crippen molar-refractivity contribution in [1.29, 1.82) is 0 Å². The van der Waals surface area contributed by atoms with Crippen molar-refractivity contribution in [2.24, 2.45) is 0 Å². The Hall–Kier alpha value is 0.330. The molecule has 10 heavy (non-hydrogen) atoms. The number of halogens is 2. The first kappa shape index (κ1) is 10.3. The fourth-order valence-corrected chi connectivity index (χ4v) is 0.613. The van der Waals surface area contributed by atoms with Crippen molar-refractivity contribution in [3.05, 3.63) is 0 Å². The maximum absolute atomic E-state index is 11.4. The number of ether oxygens (including phenoxy) is 2. The second kappa shape index (κ2) is 7.44. The maximum Gasteiger partial charge on any atom is 0.113 e. The van der Waals surface area contributed by atoms with Crippen LogP contribution in [0, 0.1) is 0 Å². The number of hydrogen-bond donors (Lipinski definition) is 0. The number of rotatable bonds is 6. The molecule has 0 bridgehead atoms. The average Bonchev–Trinajstić information content (AvgIpc) is 1.87. The molecule has 0 aromatic heterocycles. The van der Waals surface area contributed by atoms with Crippen LogP contribution in [0.15, 0.2) is 0 Å². The van der Waals surface area contributed by atoms with Crippen LogP contribution in [0.1, 0.15) is 6.92 Å². The molecule has 0 fully saturated rings. The SMILES string of the molecule is CC(Br)OCCOCCF. The summed E-state index contributed by atoms with van der Waals surface area (Å²) in [4.78, 5) is 0. The average molecular weight is 215 g/mol. The van der Waals surface area contributed by atoms with Gasteiger partial charge in [0.25, 0.3) is 0 Å². The standard InChI is InChI=1S/C6H12BrFO2/c1-6(7)10-5-4-9-3-2-8/h6H,2-5H2,1H3. The van der Waals surface area contributed by atoms with Gasteiger partial charge in [0.05, 0.1) is 19.8 Å². The van der Waals surface area contributed by atoms with Crippen molar-refractivity contribution in [2.45, 2.75) is 11.9 Å². The summed E-state index contributed by atoms with van der Waals surface area (Å²) in [6.07, 6.45) is 0. The van der Waals surface area contributed by atoms with Crippen LogP contribution in [0.5, 0.6) is 0 Å². The third kappa shape index (κ3) is 8.33. The van der Waals surface area contributed by atoms with Crippen LogP contribution in [-0.2, 0) is 9.47 Å². The van der Waals surface area contributed by atoms with E-state index in [-0.39, 0.29) is 11.6 Å². The summed E-state index contributed by atoms with van der Waals surface area (Å²) in [7, 11) is 0. The summed E-state index contributed by atoms with van der Waals surface area (Å²) in [6, 6.07) is 0. The predicted octanol–water partition coefficient (Wildman–Crippen LogP) is 1.73. The van der Waals surface area contributed by atoms with E-state index in [0.717, 1.165) is 0 Å². The van der Waals surface area contributed by atoms with Crippen molar-refractivity contribution < 1.29 is 13.9 Å². The van der Waals surface area contributed by atoms with Gasteiger partial charge < -0.3 is 9.47 Å². The first-order valence-corrected chi connectivity index (χ1v) is 4.08. The molecule has 0 rings (SSSR count). The summed E-state index contributed by atoms with van der Waals surface area (Å²) < 4.78 is 21.3. The Morgan fingerprint density at radius 1 is 1.40 bits per heavy atom. The van der Waals surface area contributed by atoms with E-state index in [1.165, 1.54) is 0 Å². The van der Waals surface area contributed by atoms with Crippen molar-refractivity contribution in [3.8, 4) is 0 Å². The molecular formula is C6H12BrFO2. The van der Waals surface area contributed by atoms with Crippen LogP contribution in [0.4, 0.5) is 4.39 Å². The summed E-state index contributed by atoms with van der Waals surface area (Å²) in [5.74, 6) is 0. The second-order valence-corrected chi connectivity index (χ2v) is 3.00. The molecule has 1 unspecified atom stereocenters. The minimum Gasteiger partial charge on any atom is -0.376 e. The third-order valence-corrected chi connectivity index (χ3v) is 1.06. The number of hydrogen-bond acceptors (Lipinski definition) is 2. The molecular weight excluding hydrogens is 203 g/mol. The van der Waals surface area contributed by atoms with Gasteiger partial charge in [-0.3, -0.25) is 0 Å². The lowest BCUT2D eigenvalue weighted by Gasteiger charge is -2.05. The highest BCUT2D eigenvalue weighted by Gasteiger charge is 1.93. The summed E-state index contributed by atoms with van der Waals surface area (Å²) in [5, 5.41) is 0.0430. The van der Waals surface area contributed by atoms with Crippen molar-refractivity contribution in [1.82, 2.24) is 0 Å². The molecule has 0 heterocycles. The Morgan fingerprint density at radius 3 is 2.60 bits per heavy atom. The highest BCUT2D eigenvalue weighted by atomic mass is 79.9. The van der Waals surface area contributed by atoms with Gasteiger partial charge in [-0.15, -0.1) is 0 Å². The summed E-state index contributed by atoms with van der Waals surface area (Å²) >= 11 is 3.19. The molecule has 62 valence electrons. The Labute approximate surface area is 68.8 Å². The summed E-state index contributed by atoms with van der Waals surface area (Å²) in [5.41, 5.74) is 0. The quantitative estimate of drug-likeness (QED) is 0.496. The molecule has 0 aromatic carbocycles. The Balaban J connectivity index is 2.77. The van der Waals surface area contributed by atoms with E-state index in [1.54, 1.807) is 0 Å². The molecule has 4 heteroatoms. The van der Waals surface area contributed by atoms with Gasteiger partial charge in [-0.05, 0) is 6.92 Å².